The number of aliphatic hydroxyl groups excluding tert-OH is 1. The third-order valence-electron chi connectivity index (χ3n) is 3.70. The molecule has 0 aromatic rings. The summed E-state index contributed by atoms with van der Waals surface area (Å²) in [6.07, 6.45) is 5.61. The van der Waals surface area contributed by atoms with Crippen molar-refractivity contribution in [3.63, 3.8) is 0 Å². The summed E-state index contributed by atoms with van der Waals surface area (Å²) in [5.41, 5.74) is 0. The van der Waals surface area contributed by atoms with Gasteiger partial charge in [0.05, 0.1) is 6.10 Å². The van der Waals surface area contributed by atoms with Crippen molar-refractivity contribution in [2.45, 2.75) is 71.1 Å². The molecule has 0 bridgehead atoms. The first-order chi connectivity index (χ1) is 7.00. The van der Waals surface area contributed by atoms with Gasteiger partial charge in [-0.2, -0.15) is 0 Å². The van der Waals surface area contributed by atoms with Crippen LogP contribution in [0.15, 0.2) is 0 Å². The number of nitrogens with zero attached hydrogens (tertiary/aromatic N) is 1. The van der Waals surface area contributed by atoms with E-state index in [-0.39, 0.29) is 6.10 Å². The van der Waals surface area contributed by atoms with Gasteiger partial charge in [0.2, 0.25) is 0 Å². The minimum Gasteiger partial charge on any atom is -0.393 e. The van der Waals surface area contributed by atoms with E-state index in [1.807, 2.05) is 0 Å². The Morgan fingerprint density at radius 3 is 2.47 bits per heavy atom. The zero-order valence-electron chi connectivity index (χ0n) is 10.7. The average Bonchev–Trinajstić information content (AvgIpc) is 2.15. The number of hydrogen-bond donors (Lipinski definition) is 1. The van der Waals surface area contributed by atoms with Gasteiger partial charge in [0.15, 0.2) is 0 Å². The molecule has 1 aliphatic carbocycles. The van der Waals surface area contributed by atoms with Gasteiger partial charge in [-0.15, -0.1) is 0 Å². The lowest BCUT2D eigenvalue weighted by molar-refractivity contribution is 0.0540. The summed E-state index contributed by atoms with van der Waals surface area (Å²) in [6.45, 7) is 6.86. The molecule has 15 heavy (non-hydrogen) atoms. The van der Waals surface area contributed by atoms with Crippen LogP contribution in [0, 0.1) is 5.92 Å². The highest BCUT2D eigenvalue weighted by Crippen LogP contribution is 2.24. The summed E-state index contributed by atoms with van der Waals surface area (Å²) in [6, 6.07) is 1.24. The molecule has 1 fully saturated rings. The van der Waals surface area contributed by atoms with Crippen LogP contribution in [-0.4, -0.2) is 35.2 Å². The predicted octanol–water partition coefficient (Wildman–Crippen LogP) is 2.66. The minimum atomic E-state index is -0.0579. The minimum absolute atomic E-state index is 0.0579. The van der Waals surface area contributed by atoms with Gasteiger partial charge in [0.1, 0.15) is 0 Å². The molecule has 0 amide bonds. The molecule has 0 saturated heterocycles. The standard InChI is InChI=1S/C13H27NO/c1-10(2)8-11(3)14(4)12-6-5-7-13(15)9-12/h10-13,15H,5-9H2,1-4H3. The van der Waals surface area contributed by atoms with E-state index >= 15 is 0 Å². The van der Waals surface area contributed by atoms with Crippen molar-refractivity contribution >= 4 is 0 Å². The fraction of sp³-hybridized carbons (Fsp3) is 1.00. The Morgan fingerprint density at radius 1 is 1.27 bits per heavy atom. The van der Waals surface area contributed by atoms with Crippen molar-refractivity contribution in [1.82, 2.24) is 4.90 Å². The van der Waals surface area contributed by atoms with Crippen molar-refractivity contribution in [2.75, 3.05) is 7.05 Å². The molecule has 0 spiro atoms. The normalized spacial score (nSPS) is 29.8. The second-order valence-corrected chi connectivity index (χ2v) is 5.62. The zero-order valence-corrected chi connectivity index (χ0v) is 10.7. The third-order valence-corrected chi connectivity index (χ3v) is 3.70. The van der Waals surface area contributed by atoms with Crippen LogP contribution in [0.4, 0.5) is 0 Å². The van der Waals surface area contributed by atoms with Crippen LogP contribution in [-0.2, 0) is 0 Å². The maximum Gasteiger partial charge on any atom is 0.0555 e. The fourth-order valence-corrected chi connectivity index (χ4v) is 2.72. The Labute approximate surface area is 94.7 Å². The van der Waals surface area contributed by atoms with Gasteiger partial charge in [-0.3, -0.25) is 0 Å². The maximum atomic E-state index is 9.67. The average molecular weight is 213 g/mol. The van der Waals surface area contributed by atoms with Gasteiger partial charge in [0.25, 0.3) is 0 Å². The van der Waals surface area contributed by atoms with Gasteiger partial charge in [-0.1, -0.05) is 13.8 Å². The van der Waals surface area contributed by atoms with Crippen LogP contribution in [0.25, 0.3) is 0 Å². The van der Waals surface area contributed by atoms with Gasteiger partial charge >= 0.3 is 0 Å². The number of hydrogen-bond acceptors (Lipinski definition) is 2. The Morgan fingerprint density at radius 2 is 1.93 bits per heavy atom. The SMILES string of the molecule is CC(C)CC(C)N(C)C1CCCC(O)C1. The van der Waals surface area contributed by atoms with Crippen molar-refractivity contribution in [3.8, 4) is 0 Å². The molecule has 1 saturated carbocycles. The van der Waals surface area contributed by atoms with E-state index in [0.717, 1.165) is 18.8 Å². The molecular formula is C13H27NO. The van der Waals surface area contributed by atoms with E-state index in [4.69, 9.17) is 0 Å². The molecule has 1 N–H and O–H groups in total. The molecule has 0 aliphatic heterocycles. The first-order valence-electron chi connectivity index (χ1n) is 6.40. The smallest absolute Gasteiger partial charge is 0.0555 e. The van der Waals surface area contributed by atoms with E-state index in [1.165, 1.54) is 19.3 Å². The lowest BCUT2D eigenvalue weighted by Gasteiger charge is -2.37. The molecule has 3 atom stereocenters. The summed E-state index contributed by atoms with van der Waals surface area (Å²) in [7, 11) is 2.22. The van der Waals surface area contributed by atoms with Crippen LogP contribution < -0.4 is 0 Å². The van der Waals surface area contributed by atoms with E-state index in [2.05, 4.69) is 32.7 Å². The van der Waals surface area contributed by atoms with Crippen LogP contribution in [0.1, 0.15) is 52.9 Å². The van der Waals surface area contributed by atoms with Crippen LogP contribution >= 0.6 is 0 Å². The highest BCUT2D eigenvalue weighted by molar-refractivity contribution is 4.81. The summed E-state index contributed by atoms with van der Waals surface area (Å²) < 4.78 is 0. The number of rotatable bonds is 4. The van der Waals surface area contributed by atoms with Crippen molar-refractivity contribution in [1.29, 1.82) is 0 Å². The van der Waals surface area contributed by atoms with E-state index in [1.54, 1.807) is 0 Å². The van der Waals surface area contributed by atoms with E-state index < -0.39 is 0 Å². The second-order valence-electron chi connectivity index (χ2n) is 5.62. The van der Waals surface area contributed by atoms with Crippen LogP contribution in [0.3, 0.4) is 0 Å². The molecule has 0 aromatic carbocycles. The quantitative estimate of drug-likeness (QED) is 0.776. The lowest BCUT2D eigenvalue weighted by Crippen LogP contribution is -2.43. The van der Waals surface area contributed by atoms with E-state index in [0.29, 0.717) is 12.1 Å². The van der Waals surface area contributed by atoms with Crippen molar-refractivity contribution < 1.29 is 5.11 Å². The molecular weight excluding hydrogens is 186 g/mol. The summed E-state index contributed by atoms with van der Waals surface area (Å²) in [4.78, 5) is 2.47. The molecule has 90 valence electrons. The monoisotopic (exact) mass is 213 g/mol. The lowest BCUT2D eigenvalue weighted by atomic mass is 9.90. The van der Waals surface area contributed by atoms with Gasteiger partial charge < -0.3 is 10.0 Å². The Kier molecular flexibility index (Phi) is 5.07. The zero-order chi connectivity index (χ0) is 11.4. The fourth-order valence-electron chi connectivity index (χ4n) is 2.72. The van der Waals surface area contributed by atoms with Gasteiger partial charge in [-0.25, -0.2) is 0 Å². The Balaban J connectivity index is 2.40. The summed E-state index contributed by atoms with van der Waals surface area (Å²) in [5, 5.41) is 9.67. The second kappa shape index (κ2) is 5.86. The Bertz CT molecular complexity index is 181. The molecule has 2 heteroatoms. The van der Waals surface area contributed by atoms with Gasteiger partial charge in [0, 0.05) is 12.1 Å². The van der Waals surface area contributed by atoms with Gasteiger partial charge in [-0.05, 0) is 52.0 Å². The summed E-state index contributed by atoms with van der Waals surface area (Å²) in [5.74, 6) is 0.760. The third kappa shape index (κ3) is 4.12. The first kappa shape index (κ1) is 13.0. The highest BCUT2D eigenvalue weighted by Gasteiger charge is 2.26. The van der Waals surface area contributed by atoms with Crippen molar-refractivity contribution in [2.24, 2.45) is 5.92 Å². The first-order valence-corrected chi connectivity index (χ1v) is 6.40. The van der Waals surface area contributed by atoms with Crippen LogP contribution in [0.2, 0.25) is 0 Å². The summed E-state index contributed by atoms with van der Waals surface area (Å²) >= 11 is 0. The molecule has 1 aliphatic rings. The number of aliphatic hydroxyl groups is 1. The molecule has 1 rings (SSSR count). The highest BCUT2D eigenvalue weighted by atomic mass is 16.3. The molecule has 3 unspecified atom stereocenters. The van der Waals surface area contributed by atoms with E-state index in [9.17, 15) is 5.11 Å². The molecule has 0 heterocycles. The molecule has 0 aromatic heterocycles. The topological polar surface area (TPSA) is 23.5 Å². The predicted molar refractivity (Wildman–Crippen MR) is 64.9 cm³/mol. The largest absolute Gasteiger partial charge is 0.393 e. The Hall–Kier alpha value is -0.0800. The van der Waals surface area contributed by atoms with Crippen molar-refractivity contribution in [3.05, 3.63) is 0 Å². The molecule has 2 nitrogen and oxygen atoms in total. The maximum absolute atomic E-state index is 9.67. The van der Waals surface area contributed by atoms with Crippen LogP contribution in [0.5, 0.6) is 0 Å². The molecule has 0 radical (unpaired) electrons.